The topological polar surface area (TPSA) is 150 Å². The number of hydrazone groups is 1. The summed E-state index contributed by atoms with van der Waals surface area (Å²) in [5.41, 5.74) is 10.1. The summed E-state index contributed by atoms with van der Waals surface area (Å²) in [6.07, 6.45) is 0. The molecule has 0 bridgehead atoms. The van der Waals surface area contributed by atoms with E-state index >= 15 is 0 Å². The zero-order valence-corrected chi connectivity index (χ0v) is 18.5. The number of nitrogens with zero attached hydrogens (tertiary/aromatic N) is 7. The van der Waals surface area contributed by atoms with Crippen LogP contribution in [0.4, 0.5) is 5.82 Å². The number of anilines is 1. The number of benzene rings is 1. The lowest BCUT2D eigenvalue weighted by molar-refractivity contribution is 0.0335. The fraction of sp³-hybridized carbons (Fsp3) is 0.333. The summed E-state index contributed by atoms with van der Waals surface area (Å²) in [6.45, 7) is 4.72. The van der Waals surface area contributed by atoms with Gasteiger partial charge in [-0.2, -0.15) is 9.78 Å². The number of nitrogens with one attached hydrogen (secondary N) is 1. The van der Waals surface area contributed by atoms with E-state index in [1.54, 1.807) is 25.1 Å². The molecule has 2 aromatic heterocycles. The molecular formula is C18H19Cl2N9O3. The van der Waals surface area contributed by atoms with E-state index in [4.69, 9.17) is 33.7 Å². The van der Waals surface area contributed by atoms with E-state index in [9.17, 15) is 4.79 Å². The first-order valence-electron chi connectivity index (χ1n) is 9.57. The van der Waals surface area contributed by atoms with Crippen molar-refractivity contribution in [3.8, 4) is 5.82 Å². The summed E-state index contributed by atoms with van der Waals surface area (Å²) >= 11 is 12.0. The van der Waals surface area contributed by atoms with Crippen molar-refractivity contribution >= 4 is 40.6 Å². The normalized spacial score (nSPS) is 15.2. The van der Waals surface area contributed by atoms with Gasteiger partial charge in [-0.3, -0.25) is 9.69 Å². The van der Waals surface area contributed by atoms with Crippen LogP contribution in [0.1, 0.15) is 28.7 Å². The van der Waals surface area contributed by atoms with Crippen LogP contribution in [0.3, 0.4) is 0 Å². The molecule has 3 N–H and O–H groups in total. The summed E-state index contributed by atoms with van der Waals surface area (Å²) < 4.78 is 11.2. The zero-order chi connectivity index (χ0) is 22.7. The fourth-order valence-corrected chi connectivity index (χ4v) is 3.38. The van der Waals surface area contributed by atoms with Gasteiger partial charge in [-0.1, -0.05) is 34.5 Å². The summed E-state index contributed by atoms with van der Waals surface area (Å²) in [7, 11) is 0. The van der Waals surface area contributed by atoms with Crippen molar-refractivity contribution in [3.05, 3.63) is 45.2 Å². The van der Waals surface area contributed by atoms with Crippen LogP contribution in [0.25, 0.3) is 5.82 Å². The molecule has 3 aromatic rings. The van der Waals surface area contributed by atoms with E-state index in [1.807, 2.05) is 0 Å². The molecule has 32 heavy (non-hydrogen) atoms. The second-order valence-corrected chi connectivity index (χ2v) is 7.74. The molecule has 0 aliphatic carbocycles. The monoisotopic (exact) mass is 479 g/mol. The van der Waals surface area contributed by atoms with Gasteiger partial charge < -0.3 is 10.5 Å². The Balaban J connectivity index is 1.62. The van der Waals surface area contributed by atoms with Gasteiger partial charge in [-0.25, -0.2) is 10.1 Å². The van der Waals surface area contributed by atoms with Crippen molar-refractivity contribution < 1.29 is 14.2 Å². The maximum Gasteiger partial charge on any atom is 0.292 e. The highest BCUT2D eigenvalue weighted by atomic mass is 35.5. The molecule has 1 aliphatic rings. The van der Waals surface area contributed by atoms with Gasteiger partial charge in [0, 0.05) is 19.6 Å². The molecule has 4 rings (SSSR count). The summed E-state index contributed by atoms with van der Waals surface area (Å²) in [5.74, 6) is -0.529. The van der Waals surface area contributed by atoms with Crippen LogP contribution < -0.4 is 11.2 Å². The van der Waals surface area contributed by atoms with E-state index in [0.29, 0.717) is 59.9 Å². The van der Waals surface area contributed by atoms with E-state index < -0.39 is 5.91 Å². The molecule has 1 saturated heterocycles. The number of hydrogen-bond acceptors (Lipinski definition) is 10. The predicted octanol–water partition coefficient (Wildman–Crippen LogP) is 1.53. The first-order valence-corrected chi connectivity index (χ1v) is 10.3. The smallest absolute Gasteiger partial charge is 0.292 e. The quantitative estimate of drug-likeness (QED) is 0.396. The molecule has 3 heterocycles. The molecule has 1 aromatic carbocycles. The van der Waals surface area contributed by atoms with Crippen molar-refractivity contribution in [2.24, 2.45) is 5.10 Å². The first kappa shape index (κ1) is 22.1. The van der Waals surface area contributed by atoms with Gasteiger partial charge in [0.1, 0.15) is 5.69 Å². The molecule has 1 fully saturated rings. The number of carbonyl (C=O) groups excluding carboxylic acids is 1. The molecule has 14 heteroatoms. The van der Waals surface area contributed by atoms with Crippen LogP contribution >= 0.6 is 23.2 Å². The third-order valence-electron chi connectivity index (χ3n) is 4.79. The fourth-order valence-electron chi connectivity index (χ4n) is 3.08. The second-order valence-electron chi connectivity index (χ2n) is 6.93. The number of aromatic nitrogens is 5. The van der Waals surface area contributed by atoms with E-state index in [1.165, 1.54) is 4.68 Å². The van der Waals surface area contributed by atoms with Crippen molar-refractivity contribution in [2.45, 2.75) is 13.5 Å². The number of ether oxygens (including phenoxy) is 1. The third-order valence-corrected chi connectivity index (χ3v) is 5.53. The van der Waals surface area contributed by atoms with Gasteiger partial charge in [0.15, 0.2) is 5.69 Å². The van der Waals surface area contributed by atoms with Gasteiger partial charge in [0.05, 0.1) is 29.0 Å². The molecule has 0 spiro atoms. The van der Waals surface area contributed by atoms with Crippen LogP contribution in [-0.4, -0.2) is 68.1 Å². The SMILES string of the molecule is C/C(=N/NC(=O)c1c(CN2CCOCC2)nnn1-c1nonc1N)c1ccc(Cl)c(Cl)c1. The number of carbonyl (C=O) groups is 1. The average Bonchev–Trinajstić information content (AvgIpc) is 3.40. The second kappa shape index (κ2) is 9.61. The van der Waals surface area contributed by atoms with Crippen molar-refractivity contribution in [3.63, 3.8) is 0 Å². The summed E-state index contributed by atoms with van der Waals surface area (Å²) in [4.78, 5) is 15.2. The molecule has 0 unspecified atom stereocenters. The number of nitrogen functional groups attached to an aromatic ring is 1. The zero-order valence-electron chi connectivity index (χ0n) is 17.0. The Bertz CT molecular complexity index is 1150. The standard InChI is InChI=1S/C18H19Cl2N9O3/c1-10(11-2-3-12(19)13(20)8-11)22-24-18(30)15-14(9-28-4-6-31-7-5-28)23-27-29(15)17-16(21)25-32-26-17/h2-3,8H,4-7,9H2,1H3,(H2,21,25)(H,24,30)/b22-10-. The highest BCUT2D eigenvalue weighted by Gasteiger charge is 2.26. The Hall–Kier alpha value is -3.06. The Kier molecular flexibility index (Phi) is 6.65. The van der Waals surface area contributed by atoms with Crippen LogP contribution in [-0.2, 0) is 11.3 Å². The van der Waals surface area contributed by atoms with E-state index in [0.717, 1.165) is 0 Å². The van der Waals surface area contributed by atoms with Crippen molar-refractivity contribution in [2.75, 3.05) is 32.0 Å². The number of morpholine rings is 1. The van der Waals surface area contributed by atoms with Crippen LogP contribution in [0, 0.1) is 0 Å². The highest BCUT2D eigenvalue weighted by Crippen LogP contribution is 2.23. The molecule has 0 atom stereocenters. The number of halogens is 2. The Morgan fingerprint density at radius 2 is 2.03 bits per heavy atom. The Labute approximate surface area is 192 Å². The lowest BCUT2D eigenvalue weighted by Crippen LogP contribution is -2.36. The molecule has 1 amide bonds. The summed E-state index contributed by atoms with van der Waals surface area (Å²) in [6, 6.07) is 5.06. The van der Waals surface area contributed by atoms with Crippen LogP contribution in [0.2, 0.25) is 10.0 Å². The molecular weight excluding hydrogens is 461 g/mol. The van der Waals surface area contributed by atoms with E-state index in [-0.39, 0.29) is 17.3 Å². The van der Waals surface area contributed by atoms with Gasteiger partial charge in [-0.05, 0) is 34.9 Å². The lowest BCUT2D eigenvalue weighted by atomic mass is 10.1. The van der Waals surface area contributed by atoms with Gasteiger partial charge >= 0.3 is 0 Å². The van der Waals surface area contributed by atoms with Crippen molar-refractivity contribution in [1.82, 2.24) is 35.6 Å². The molecule has 12 nitrogen and oxygen atoms in total. The molecule has 0 saturated carbocycles. The van der Waals surface area contributed by atoms with Gasteiger partial charge in [0.2, 0.25) is 11.6 Å². The maximum absolute atomic E-state index is 13.1. The maximum atomic E-state index is 13.1. The third kappa shape index (κ3) is 4.72. The molecule has 168 valence electrons. The predicted molar refractivity (Wildman–Crippen MR) is 116 cm³/mol. The molecule has 0 radical (unpaired) electrons. The first-order chi connectivity index (χ1) is 15.4. The van der Waals surface area contributed by atoms with Gasteiger partial charge in [0.25, 0.3) is 5.91 Å². The minimum absolute atomic E-state index is 0.0302. The van der Waals surface area contributed by atoms with E-state index in [2.05, 4.69) is 40.7 Å². The average molecular weight is 480 g/mol. The van der Waals surface area contributed by atoms with Crippen LogP contribution in [0.5, 0.6) is 0 Å². The van der Waals surface area contributed by atoms with Crippen molar-refractivity contribution in [1.29, 1.82) is 0 Å². The highest BCUT2D eigenvalue weighted by molar-refractivity contribution is 6.42. The largest absolute Gasteiger partial charge is 0.379 e. The Morgan fingerprint density at radius 1 is 1.25 bits per heavy atom. The number of rotatable bonds is 6. The molecule has 1 aliphatic heterocycles. The number of amides is 1. The Morgan fingerprint density at radius 3 is 2.72 bits per heavy atom. The van der Waals surface area contributed by atoms with Crippen LogP contribution in [0.15, 0.2) is 27.9 Å². The summed E-state index contributed by atoms with van der Waals surface area (Å²) in [5, 5.41) is 20.4. The minimum atomic E-state index is -0.555. The lowest BCUT2D eigenvalue weighted by Gasteiger charge is -2.25. The number of nitrogens with two attached hydrogens (primary N) is 1. The number of hydrogen-bond donors (Lipinski definition) is 2. The van der Waals surface area contributed by atoms with Gasteiger partial charge in [-0.15, -0.1) is 5.10 Å². The minimum Gasteiger partial charge on any atom is -0.379 e.